The Morgan fingerprint density at radius 2 is 1.59 bits per heavy atom. The minimum Gasteiger partial charge on any atom is -0.340 e. The van der Waals surface area contributed by atoms with Crippen molar-refractivity contribution in [1.82, 2.24) is 9.80 Å². The zero-order valence-corrected chi connectivity index (χ0v) is 14.8. The summed E-state index contributed by atoms with van der Waals surface area (Å²) in [5, 5.41) is 2.72. The first-order valence-electron chi connectivity index (χ1n) is 8.80. The molecule has 0 unspecified atom stereocenters. The Kier molecular flexibility index (Phi) is 6.13. The highest BCUT2D eigenvalue weighted by Gasteiger charge is 2.23. The molecule has 0 spiro atoms. The van der Waals surface area contributed by atoms with Crippen LogP contribution in [0.25, 0.3) is 0 Å². The van der Waals surface area contributed by atoms with Crippen molar-refractivity contribution in [3.05, 3.63) is 65.7 Å². The molecule has 0 bridgehead atoms. The molecule has 1 aliphatic heterocycles. The molecular weight excluding hydrogens is 352 g/mol. The van der Waals surface area contributed by atoms with Crippen LogP contribution in [0.5, 0.6) is 0 Å². The molecule has 0 saturated carbocycles. The van der Waals surface area contributed by atoms with Crippen LogP contribution in [0.1, 0.15) is 5.56 Å². The molecule has 1 saturated heterocycles. The molecule has 142 valence electrons. The molecule has 27 heavy (non-hydrogen) atoms. The van der Waals surface area contributed by atoms with Gasteiger partial charge in [0, 0.05) is 31.9 Å². The molecule has 2 aromatic carbocycles. The molecule has 0 aliphatic carbocycles. The van der Waals surface area contributed by atoms with E-state index < -0.39 is 0 Å². The van der Waals surface area contributed by atoms with Crippen molar-refractivity contribution in [2.24, 2.45) is 0 Å². The van der Waals surface area contributed by atoms with E-state index in [1.807, 2.05) is 4.90 Å². The number of carbonyl (C=O) groups excluding carboxylic acids is 2. The molecule has 0 radical (unpaired) electrons. The van der Waals surface area contributed by atoms with Crippen LogP contribution < -0.4 is 5.32 Å². The second-order valence-electron chi connectivity index (χ2n) is 6.48. The lowest BCUT2D eigenvalue weighted by molar-refractivity contribution is -0.132. The van der Waals surface area contributed by atoms with E-state index in [4.69, 9.17) is 0 Å². The molecule has 1 aliphatic rings. The number of hydrogen-bond acceptors (Lipinski definition) is 3. The number of rotatable bonds is 5. The van der Waals surface area contributed by atoms with Crippen molar-refractivity contribution >= 4 is 17.5 Å². The molecule has 7 heteroatoms. The number of nitrogens with zero attached hydrogens (tertiary/aromatic N) is 2. The van der Waals surface area contributed by atoms with Crippen molar-refractivity contribution in [3.63, 3.8) is 0 Å². The van der Waals surface area contributed by atoms with Gasteiger partial charge in [0.2, 0.25) is 11.8 Å². The SMILES string of the molecule is O=C(CN1CCN(C(=O)Cc2ccccc2F)CC1)Nc1ccc(F)cc1. The second-order valence-corrected chi connectivity index (χ2v) is 6.48. The number of nitrogens with one attached hydrogen (secondary N) is 1. The van der Waals surface area contributed by atoms with Crippen LogP contribution in [0.15, 0.2) is 48.5 Å². The minimum absolute atomic E-state index is 0.0394. The summed E-state index contributed by atoms with van der Waals surface area (Å²) in [6.07, 6.45) is 0.0394. The van der Waals surface area contributed by atoms with E-state index in [1.165, 1.54) is 30.3 Å². The average Bonchev–Trinajstić information content (AvgIpc) is 2.66. The van der Waals surface area contributed by atoms with E-state index in [0.717, 1.165) is 0 Å². The summed E-state index contributed by atoms with van der Waals surface area (Å²) in [7, 11) is 0. The van der Waals surface area contributed by atoms with E-state index in [1.54, 1.807) is 23.1 Å². The van der Waals surface area contributed by atoms with Gasteiger partial charge < -0.3 is 10.2 Å². The Bertz CT molecular complexity index is 803. The fraction of sp³-hybridized carbons (Fsp3) is 0.300. The highest BCUT2D eigenvalue weighted by Crippen LogP contribution is 2.11. The Morgan fingerprint density at radius 3 is 2.26 bits per heavy atom. The van der Waals surface area contributed by atoms with Gasteiger partial charge in [0.25, 0.3) is 0 Å². The summed E-state index contributed by atoms with van der Waals surface area (Å²) in [6.45, 7) is 2.33. The summed E-state index contributed by atoms with van der Waals surface area (Å²) >= 11 is 0. The summed E-state index contributed by atoms with van der Waals surface area (Å²) in [5.41, 5.74) is 0.934. The van der Waals surface area contributed by atoms with Crippen molar-refractivity contribution in [2.75, 3.05) is 38.0 Å². The van der Waals surface area contributed by atoms with E-state index >= 15 is 0 Å². The zero-order chi connectivity index (χ0) is 19.2. The maximum atomic E-state index is 13.7. The van der Waals surface area contributed by atoms with E-state index in [2.05, 4.69) is 5.32 Å². The number of halogens is 2. The minimum atomic E-state index is -0.373. The van der Waals surface area contributed by atoms with Gasteiger partial charge in [0.1, 0.15) is 11.6 Å². The van der Waals surface area contributed by atoms with Crippen LogP contribution in [0.2, 0.25) is 0 Å². The molecule has 1 fully saturated rings. The highest BCUT2D eigenvalue weighted by molar-refractivity contribution is 5.92. The second kappa shape index (κ2) is 8.73. The monoisotopic (exact) mass is 373 g/mol. The molecule has 5 nitrogen and oxygen atoms in total. The van der Waals surface area contributed by atoms with Crippen molar-refractivity contribution < 1.29 is 18.4 Å². The molecule has 0 aromatic heterocycles. The van der Waals surface area contributed by atoms with Crippen molar-refractivity contribution in [1.29, 1.82) is 0 Å². The van der Waals surface area contributed by atoms with Gasteiger partial charge in [-0.3, -0.25) is 14.5 Å². The first kappa shape index (κ1) is 19.0. The van der Waals surface area contributed by atoms with Gasteiger partial charge in [-0.15, -0.1) is 0 Å². The molecule has 2 amide bonds. The van der Waals surface area contributed by atoms with Gasteiger partial charge >= 0.3 is 0 Å². The third-order valence-corrected chi connectivity index (χ3v) is 4.52. The molecular formula is C20H21F2N3O2. The van der Waals surface area contributed by atoms with Gasteiger partial charge in [-0.1, -0.05) is 18.2 Å². The highest BCUT2D eigenvalue weighted by atomic mass is 19.1. The zero-order valence-electron chi connectivity index (χ0n) is 14.8. The van der Waals surface area contributed by atoms with Gasteiger partial charge in [-0.2, -0.15) is 0 Å². The lowest BCUT2D eigenvalue weighted by Crippen LogP contribution is -2.50. The number of carbonyl (C=O) groups is 2. The fourth-order valence-electron chi connectivity index (χ4n) is 3.01. The molecule has 2 aromatic rings. The maximum Gasteiger partial charge on any atom is 0.238 e. The number of piperazine rings is 1. The standard InChI is InChI=1S/C20H21F2N3O2/c21-16-5-7-17(8-6-16)23-19(26)14-24-9-11-25(12-10-24)20(27)13-15-3-1-2-4-18(15)22/h1-8H,9-14H2,(H,23,26). The van der Waals surface area contributed by atoms with Gasteiger partial charge in [0.15, 0.2) is 0 Å². The molecule has 1 N–H and O–H groups in total. The number of amides is 2. The lowest BCUT2D eigenvalue weighted by atomic mass is 10.1. The smallest absolute Gasteiger partial charge is 0.238 e. The van der Waals surface area contributed by atoms with Crippen LogP contribution in [-0.4, -0.2) is 54.3 Å². The molecule has 1 heterocycles. The first-order valence-corrected chi connectivity index (χ1v) is 8.80. The lowest BCUT2D eigenvalue weighted by Gasteiger charge is -2.34. The third-order valence-electron chi connectivity index (χ3n) is 4.52. The average molecular weight is 373 g/mol. The predicted octanol–water partition coefficient (Wildman–Crippen LogP) is 2.29. The fourth-order valence-corrected chi connectivity index (χ4v) is 3.01. The topological polar surface area (TPSA) is 52.7 Å². The van der Waals surface area contributed by atoms with Crippen LogP contribution >= 0.6 is 0 Å². The summed E-state index contributed by atoms with van der Waals surface area (Å²) < 4.78 is 26.6. The number of anilines is 1. The molecule has 3 rings (SSSR count). The van der Waals surface area contributed by atoms with Crippen LogP contribution in [0.3, 0.4) is 0 Å². The largest absolute Gasteiger partial charge is 0.340 e. The van der Waals surface area contributed by atoms with E-state index in [0.29, 0.717) is 37.4 Å². The summed E-state index contributed by atoms with van der Waals surface area (Å²) in [5.74, 6) is -1.03. The third kappa shape index (κ3) is 5.34. The Labute approximate surface area is 156 Å². The van der Waals surface area contributed by atoms with E-state index in [-0.39, 0.29) is 36.4 Å². The van der Waals surface area contributed by atoms with Crippen LogP contribution in [0, 0.1) is 11.6 Å². The summed E-state index contributed by atoms with van der Waals surface area (Å²) in [6, 6.07) is 11.9. The Morgan fingerprint density at radius 1 is 0.926 bits per heavy atom. The van der Waals surface area contributed by atoms with Crippen LogP contribution in [0.4, 0.5) is 14.5 Å². The van der Waals surface area contributed by atoms with E-state index in [9.17, 15) is 18.4 Å². The number of benzene rings is 2. The Hall–Kier alpha value is -2.80. The van der Waals surface area contributed by atoms with Crippen LogP contribution in [-0.2, 0) is 16.0 Å². The Balaban J connectivity index is 1.44. The van der Waals surface area contributed by atoms with Gasteiger partial charge in [-0.05, 0) is 35.9 Å². The van der Waals surface area contributed by atoms with Crippen molar-refractivity contribution in [3.8, 4) is 0 Å². The van der Waals surface area contributed by atoms with Crippen molar-refractivity contribution in [2.45, 2.75) is 6.42 Å². The normalized spacial score (nSPS) is 14.8. The van der Waals surface area contributed by atoms with Gasteiger partial charge in [-0.25, -0.2) is 8.78 Å². The summed E-state index contributed by atoms with van der Waals surface area (Å²) in [4.78, 5) is 28.1. The number of hydrogen-bond donors (Lipinski definition) is 1. The van der Waals surface area contributed by atoms with Gasteiger partial charge in [0.05, 0.1) is 13.0 Å². The predicted molar refractivity (Wildman–Crippen MR) is 98.2 cm³/mol. The first-order chi connectivity index (χ1) is 13.0. The molecule has 0 atom stereocenters. The quantitative estimate of drug-likeness (QED) is 0.875. The maximum absolute atomic E-state index is 13.7.